The molecule has 0 aliphatic heterocycles. The second-order valence-corrected chi connectivity index (χ2v) is 5.58. The van der Waals surface area contributed by atoms with Gasteiger partial charge in [0.2, 0.25) is 0 Å². The molecule has 0 radical (unpaired) electrons. The van der Waals surface area contributed by atoms with Gasteiger partial charge in [0, 0.05) is 23.4 Å². The summed E-state index contributed by atoms with van der Waals surface area (Å²) in [5.74, 6) is -1.06. The summed E-state index contributed by atoms with van der Waals surface area (Å²) in [6.07, 6.45) is 2.49. The summed E-state index contributed by atoms with van der Waals surface area (Å²) in [5.41, 5.74) is 0.598. The number of allylic oxidation sites excluding steroid dienone is 4. The third-order valence-electron chi connectivity index (χ3n) is 3.74. The zero-order valence-electron chi connectivity index (χ0n) is 13.7. The van der Waals surface area contributed by atoms with Crippen molar-refractivity contribution in [2.24, 2.45) is 0 Å². The van der Waals surface area contributed by atoms with Crippen molar-refractivity contribution in [3.05, 3.63) is 85.7 Å². The van der Waals surface area contributed by atoms with Crippen LogP contribution in [0.25, 0.3) is 11.0 Å². The highest BCUT2D eigenvalue weighted by Crippen LogP contribution is 2.24. The molecule has 1 aromatic heterocycles. The maximum Gasteiger partial charge on any atom is 0.340 e. The van der Waals surface area contributed by atoms with Gasteiger partial charge in [0.05, 0.1) is 4.92 Å². The van der Waals surface area contributed by atoms with Crippen molar-refractivity contribution in [3.63, 3.8) is 0 Å². The zero-order chi connectivity index (χ0) is 18.7. The van der Waals surface area contributed by atoms with E-state index in [1.165, 1.54) is 18.2 Å². The highest BCUT2D eigenvalue weighted by molar-refractivity contribution is 5.82. The van der Waals surface area contributed by atoms with Crippen LogP contribution in [0.1, 0.15) is 18.1 Å². The number of aromatic hydroxyl groups is 1. The maximum atomic E-state index is 13.5. The summed E-state index contributed by atoms with van der Waals surface area (Å²) >= 11 is 0. The highest BCUT2D eigenvalue weighted by Gasteiger charge is 2.14. The Bertz CT molecular complexity index is 985. The molecule has 0 aliphatic rings. The second-order valence-electron chi connectivity index (χ2n) is 5.58. The van der Waals surface area contributed by atoms with Crippen LogP contribution in [0.15, 0.2) is 63.2 Å². The van der Waals surface area contributed by atoms with Gasteiger partial charge in [-0.1, -0.05) is 11.6 Å². The molecule has 2 rings (SSSR count). The van der Waals surface area contributed by atoms with Crippen LogP contribution in [0.5, 0.6) is 5.75 Å². The third-order valence-corrected chi connectivity index (χ3v) is 3.74. The predicted octanol–water partition coefficient (Wildman–Crippen LogP) is 3.94. The molecule has 6 nitrogen and oxygen atoms in total. The van der Waals surface area contributed by atoms with E-state index in [0.29, 0.717) is 22.1 Å². The average Bonchev–Trinajstić information content (AvgIpc) is 2.55. The number of hydrogen-bond acceptors (Lipinski definition) is 5. The van der Waals surface area contributed by atoms with Crippen LogP contribution in [-0.4, -0.2) is 10.0 Å². The monoisotopic (exact) mass is 345 g/mol. The van der Waals surface area contributed by atoms with Crippen LogP contribution in [-0.2, 0) is 6.42 Å². The Hall–Kier alpha value is -3.22. The lowest BCUT2D eigenvalue weighted by atomic mass is 10.00. The van der Waals surface area contributed by atoms with E-state index in [1.807, 2.05) is 0 Å². The third kappa shape index (κ3) is 4.00. The van der Waals surface area contributed by atoms with Gasteiger partial charge >= 0.3 is 5.63 Å². The fraction of sp³-hybridized carbons (Fsp3) is 0.167. The van der Waals surface area contributed by atoms with Crippen molar-refractivity contribution < 1.29 is 18.8 Å². The van der Waals surface area contributed by atoms with Crippen LogP contribution in [0, 0.1) is 17.0 Å². The molecule has 0 saturated heterocycles. The Morgan fingerprint density at radius 3 is 2.76 bits per heavy atom. The van der Waals surface area contributed by atoms with Crippen molar-refractivity contribution in [2.75, 3.05) is 0 Å². The van der Waals surface area contributed by atoms with E-state index < -0.39 is 22.1 Å². The summed E-state index contributed by atoms with van der Waals surface area (Å²) in [7, 11) is 0. The number of aryl methyl sites for hydroxylation is 1. The van der Waals surface area contributed by atoms with Gasteiger partial charge in [-0.25, -0.2) is 4.79 Å². The first-order valence-corrected chi connectivity index (χ1v) is 7.32. The molecular formula is C18H16FNO5. The molecule has 0 aliphatic carbocycles. The van der Waals surface area contributed by atoms with Gasteiger partial charge in [-0.15, -0.1) is 0 Å². The van der Waals surface area contributed by atoms with Gasteiger partial charge in [-0.2, -0.15) is 4.39 Å². The van der Waals surface area contributed by atoms with Gasteiger partial charge in [0.25, 0.3) is 5.70 Å². The first-order chi connectivity index (χ1) is 11.7. The van der Waals surface area contributed by atoms with Crippen molar-refractivity contribution in [1.82, 2.24) is 0 Å². The molecule has 0 spiro atoms. The first kappa shape index (κ1) is 18.1. The molecular weight excluding hydrogens is 329 g/mol. The molecule has 130 valence electrons. The summed E-state index contributed by atoms with van der Waals surface area (Å²) in [6, 6.07) is 4.49. The molecule has 0 saturated carbocycles. The molecule has 1 N–H and O–H groups in total. The minimum Gasteiger partial charge on any atom is -0.508 e. The highest BCUT2D eigenvalue weighted by atomic mass is 19.1. The zero-order valence-corrected chi connectivity index (χ0v) is 13.7. The Morgan fingerprint density at radius 1 is 1.44 bits per heavy atom. The normalized spacial score (nSPS) is 12.4. The van der Waals surface area contributed by atoms with Crippen LogP contribution >= 0.6 is 0 Å². The standard InChI is InChI=1S/C18H16FNO5/c1-10(4-7-16(19)12(3)20(23)24)8-15-11(2)14-6-5-13(21)9-17(14)25-18(15)22/h4-7,9,21H,3,8H2,1-2H3/b10-4+,16-7+. The van der Waals surface area contributed by atoms with Crippen molar-refractivity contribution in [1.29, 1.82) is 0 Å². The van der Waals surface area contributed by atoms with Gasteiger partial charge < -0.3 is 9.52 Å². The molecule has 1 aromatic carbocycles. The topological polar surface area (TPSA) is 93.6 Å². The molecule has 7 heteroatoms. The van der Waals surface area contributed by atoms with Gasteiger partial charge in [-0.3, -0.25) is 10.1 Å². The molecule has 0 bridgehead atoms. The first-order valence-electron chi connectivity index (χ1n) is 7.32. The molecule has 0 atom stereocenters. The number of fused-ring (bicyclic) bond motifs is 1. The Morgan fingerprint density at radius 2 is 2.12 bits per heavy atom. The Kier molecular flexibility index (Phi) is 5.17. The van der Waals surface area contributed by atoms with Gasteiger partial charge in [0.15, 0.2) is 5.83 Å². The molecule has 0 fully saturated rings. The molecule has 0 amide bonds. The Balaban J connectivity index is 2.37. The Labute approximate surface area is 142 Å². The lowest BCUT2D eigenvalue weighted by molar-refractivity contribution is -0.422. The van der Waals surface area contributed by atoms with E-state index in [1.54, 1.807) is 19.9 Å². The fourth-order valence-electron chi connectivity index (χ4n) is 2.32. The molecule has 1 heterocycles. The summed E-state index contributed by atoms with van der Waals surface area (Å²) in [6.45, 7) is 6.45. The number of rotatable bonds is 5. The second kappa shape index (κ2) is 7.12. The summed E-state index contributed by atoms with van der Waals surface area (Å²) in [4.78, 5) is 21.7. The number of nitro groups is 1. The van der Waals surface area contributed by atoms with Crippen molar-refractivity contribution in [2.45, 2.75) is 20.3 Å². The largest absolute Gasteiger partial charge is 0.508 e. The smallest absolute Gasteiger partial charge is 0.340 e. The van der Waals surface area contributed by atoms with Crippen LogP contribution in [0.4, 0.5) is 4.39 Å². The number of phenolic OH excluding ortho intramolecular Hbond substituents is 1. The van der Waals surface area contributed by atoms with Crippen LogP contribution < -0.4 is 5.63 Å². The van der Waals surface area contributed by atoms with E-state index in [2.05, 4.69) is 6.58 Å². The van der Waals surface area contributed by atoms with E-state index in [9.17, 15) is 24.4 Å². The number of hydrogen-bond donors (Lipinski definition) is 1. The predicted molar refractivity (Wildman–Crippen MR) is 91.7 cm³/mol. The number of phenols is 1. The summed E-state index contributed by atoms with van der Waals surface area (Å²) < 4.78 is 18.7. The average molecular weight is 345 g/mol. The quantitative estimate of drug-likeness (QED) is 0.383. The minimum atomic E-state index is -1.05. The van der Waals surface area contributed by atoms with Crippen molar-refractivity contribution in [3.8, 4) is 5.75 Å². The lowest BCUT2D eigenvalue weighted by Crippen LogP contribution is -2.10. The minimum absolute atomic E-state index is 0.00879. The van der Waals surface area contributed by atoms with E-state index in [0.717, 1.165) is 6.08 Å². The summed E-state index contributed by atoms with van der Waals surface area (Å²) in [5, 5.41) is 20.6. The van der Waals surface area contributed by atoms with E-state index in [-0.39, 0.29) is 17.8 Å². The molecule has 25 heavy (non-hydrogen) atoms. The molecule has 0 unspecified atom stereocenters. The van der Waals surface area contributed by atoms with E-state index in [4.69, 9.17) is 4.42 Å². The fourth-order valence-corrected chi connectivity index (χ4v) is 2.32. The van der Waals surface area contributed by atoms with E-state index >= 15 is 0 Å². The van der Waals surface area contributed by atoms with Gasteiger partial charge in [0.1, 0.15) is 11.3 Å². The van der Waals surface area contributed by atoms with Crippen LogP contribution in [0.3, 0.4) is 0 Å². The number of halogens is 1. The van der Waals surface area contributed by atoms with Crippen LogP contribution in [0.2, 0.25) is 0 Å². The lowest BCUT2D eigenvalue weighted by Gasteiger charge is -2.08. The SMILES string of the molecule is C=C(/C(F)=C\C=C(/C)Cc1c(C)c2ccc(O)cc2oc1=O)[N+](=O)[O-]. The molecule has 2 aromatic rings. The van der Waals surface area contributed by atoms with Crippen molar-refractivity contribution >= 4 is 11.0 Å². The number of nitrogens with zero attached hydrogens (tertiary/aromatic N) is 1. The van der Waals surface area contributed by atoms with Gasteiger partial charge in [-0.05, 0) is 44.2 Å². The number of benzene rings is 1. The maximum absolute atomic E-state index is 13.5.